The third-order valence-corrected chi connectivity index (χ3v) is 3.22. The van der Waals surface area contributed by atoms with Gasteiger partial charge in [0.25, 0.3) is 0 Å². The fourth-order valence-corrected chi connectivity index (χ4v) is 2.25. The van der Waals surface area contributed by atoms with Crippen LogP contribution in [0, 0.1) is 0 Å². The van der Waals surface area contributed by atoms with Crippen molar-refractivity contribution in [2.75, 3.05) is 26.3 Å². The molecule has 0 atom stereocenters. The Labute approximate surface area is 115 Å². The third kappa shape index (κ3) is 4.20. The van der Waals surface area contributed by atoms with Gasteiger partial charge in [0.05, 0.1) is 19.3 Å². The van der Waals surface area contributed by atoms with Crippen molar-refractivity contribution in [3.05, 3.63) is 29.3 Å². The molecule has 2 N–H and O–H groups in total. The van der Waals surface area contributed by atoms with E-state index in [-0.39, 0.29) is 6.10 Å². The summed E-state index contributed by atoms with van der Waals surface area (Å²) in [5.41, 5.74) is 8.10. The SMILES string of the molecule is CC(C)Oc1cc(CN2CCOCC2)ccc1CN. The largest absolute Gasteiger partial charge is 0.491 e. The van der Waals surface area contributed by atoms with E-state index in [1.165, 1.54) is 5.56 Å². The highest BCUT2D eigenvalue weighted by molar-refractivity contribution is 5.37. The first-order chi connectivity index (χ1) is 9.19. The van der Waals surface area contributed by atoms with E-state index in [0.29, 0.717) is 6.54 Å². The fourth-order valence-electron chi connectivity index (χ4n) is 2.25. The van der Waals surface area contributed by atoms with E-state index in [1.807, 2.05) is 13.8 Å². The summed E-state index contributed by atoms with van der Waals surface area (Å²) in [6.07, 6.45) is 0.170. The summed E-state index contributed by atoms with van der Waals surface area (Å²) in [5, 5.41) is 0. The van der Waals surface area contributed by atoms with Crippen LogP contribution in [-0.4, -0.2) is 37.3 Å². The number of morpholine rings is 1. The van der Waals surface area contributed by atoms with E-state index >= 15 is 0 Å². The average molecular weight is 264 g/mol. The minimum absolute atomic E-state index is 0.170. The number of hydrogen-bond acceptors (Lipinski definition) is 4. The van der Waals surface area contributed by atoms with Gasteiger partial charge in [-0.2, -0.15) is 0 Å². The summed E-state index contributed by atoms with van der Waals surface area (Å²) in [6, 6.07) is 6.34. The van der Waals surface area contributed by atoms with Crippen LogP contribution in [0.15, 0.2) is 18.2 Å². The number of ether oxygens (including phenoxy) is 2. The van der Waals surface area contributed by atoms with E-state index in [1.54, 1.807) is 0 Å². The molecule has 4 nitrogen and oxygen atoms in total. The monoisotopic (exact) mass is 264 g/mol. The number of nitrogens with zero attached hydrogens (tertiary/aromatic N) is 1. The van der Waals surface area contributed by atoms with Crippen molar-refractivity contribution in [1.29, 1.82) is 0 Å². The molecule has 0 radical (unpaired) electrons. The van der Waals surface area contributed by atoms with E-state index in [4.69, 9.17) is 15.2 Å². The predicted molar refractivity (Wildman–Crippen MR) is 76.2 cm³/mol. The quantitative estimate of drug-likeness (QED) is 0.880. The molecule has 106 valence electrons. The lowest BCUT2D eigenvalue weighted by molar-refractivity contribution is 0.0341. The first-order valence-electron chi connectivity index (χ1n) is 6.97. The van der Waals surface area contributed by atoms with E-state index in [9.17, 15) is 0 Å². The lowest BCUT2D eigenvalue weighted by Gasteiger charge is -2.27. The van der Waals surface area contributed by atoms with Gasteiger partial charge in [0.2, 0.25) is 0 Å². The van der Waals surface area contributed by atoms with Gasteiger partial charge >= 0.3 is 0 Å². The summed E-state index contributed by atoms with van der Waals surface area (Å²) in [4.78, 5) is 2.40. The Morgan fingerprint density at radius 2 is 2.05 bits per heavy atom. The van der Waals surface area contributed by atoms with Gasteiger partial charge < -0.3 is 15.2 Å². The van der Waals surface area contributed by atoms with Crippen molar-refractivity contribution in [3.8, 4) is 5.75 Å². The van der Waals surface area contributed by atoms with Crippen LogP contribution in [-0.2, 0) is 17.8 Å². The maximum absolute atomic E-state index is 5.84. The van der Waals surface area contributed by atoms with Gasteiger partial charge in [0.1, 0.15) is 5.75 Å². The van der Waals surface area contributed by atoms with Gasteiger partial charge in [-0.15, -0.1) is 0 Å². The molecule has 0 bridgehead atoms. The van der Waals surface area contributed by atoms with Gasteiger partial charge in [-0.1, -0.05) is 12.1 Å². The standard InChI is InChI=1S/C15H24N2O2/c1-12(2)19-15-9-13(3-4-14(15)10-16)11-17-5-7-18-8-6-17/h3-4,9,12H,5-8,10-11,16H2,1-2H3. The Hall–Kier alpha value is -1.10. The van der Waals surface area contributed by atoms with Crippen LogP contribution in [0.3, 0.4) is 0 Å². The minimum Gasteiger partial charge on any atom is -0.491 e. The molecule has 0 aliphatic carbocycles. The minimum atomic E-state index is 0.170. The number of hydrogen-bond donors (Lipinski definition) is 1. The molecule has 1 aromatic carbocycles. The molecule has 1 fully saturated rings. The van der Waals surface area contributed by atoms with Crippen molar-refractivity contribution >= 4 is 0 Å². The Morgan fingerprint density at radius 1 is 1.32 bits per heavy atom. The molecule has 2 rings (SSSR count). The maximum atomic E-state index is 5.84. The molecular formula is C15H24N2O2. The lowest BCUT2D eigenvalue weighted by atomic mass is 10.1. The molecular weight excluding hydrogens is 240 g/mol. The maximum Gasteiger partial charge on any atom is 0.124 e. The van der Waals surface area contributed by atoms with Gasteiger partial charge in [0.15, 0.2) is 0 Å². The highest BCUT2D eigenvalue weighted by Gasteiger charge is 2.12. The summed E-state index contributed by atoms with van der Waals surface area (Å²) in [6.45, 7) is 9.19. The van der Waals surface area contributed by atoms with E-state index in [0.717, 1.165) is 44.2 Å². The second-order valence-electron chi connectivity index (χ2n) is 5.20. The van der Waals surface area contributed by atoms with Gasteiger partial charge in [-0.3, -0.25) is 4.90 Å². The van der Waals surface area contributed by atoms with Crippen molar-refractivity contribution in [3.63, 3.8) is 0 Å². The molecule has 1 saturated heterocycles. The molecule has 0 saturated carbocycles. The van der Waals surface area contributed by atoms with Crippen molar-refractivity contribution < 1.29 is 9.47 Å². The van der Waals surface area contributed by atoms with Crippen LogP contribution in [0.5, 0.6) is 5.75 Å². The van der Waals surface area contributed by atoms with Gasteiger partial charge in [-0.05, 0) is 25.5 Å². The fraction of sp³-hybridized carbons (Fsp3) is 0.600. The zero-order valence-electron chi connectivity index (χ0n) is 11.9. The van der Waals surface area contributed by atoms with E-state index in [2.05, 4.69) is 23.1 Å². The molecule has 0 unspecified atom stereocenters. The van der Waals surface area contributed by atoms with Crippen LogP contribution in [0.4, 0.5) is 0 Å². The molecule has 0 spiro atoms. The third-order valence-electron chi connectivity index (χ3n) is 3.22. The Balaban J connectivity index is 2.07. The second-order valence-corrected chi connectivity index (χ2v) is 5.20. The number of benzene rings is 1. The molecule has 1 aliphatic rings. The summed E-state index contributed by atoms with van der Waals surface area (Å²) in [5.74, 6) is 0.920. The summed E-state index contributed by atoms with van der Waals surface area (Å²) < 4.78 is 11.2. The molecule has 4 heteroatoms. The first kappa shape index (κ1) is 14.3. The van der Waals surface area contributed by atoms with Gasteiger partial charge in [-0.25, -0.2) is 0 Å². The Morgan fingerprint density at radius 3 is 2.68 bits per heavy atom. The van der Waals surface area contributed by atoms with Crippen LogP contribution >= 0.6 is 0 Å². The lowest BCUT2D eigenvalue weighted by Crippen LogP contribution is -2.35. The second kappa shape index (κ2) is 6.89. The van der Waals surface area contributed by atoms with E-state index < -0.39 is 0 Å². The van der Waals surface area contributed by atoms with Crippen LogP contribution in [0.25, 0.3) is 0 Å². The van der Waals surface area contributed by atoms with Crippen LogP contribution in [0.1, 0.15) is 25.0 Å². The summed E-state index contributed by atoms with van der Waals surface area (Å²) in [7, 11) is 0. The van der Waals surface area contributed by atoms with Crippen LogP contribution in [0.2, 0.25) is 0 Å². The van der Waals surface area contributed by atoms with Crippen molar-refractivity contribution in [2.45, 2.75) is 33.0 Å². The molecule has 0 aromatic heterocycles. The van der Waals surface area contributed by atoms with Crippen molar-refractivity contribution in [1.82, 2.24) is 4.90 Å². The topological polar surface area (TPSA) is 47.7 Å². The normalized spacial score (nSPS) is 16.8. The predicted octanol–water partition coefficient (Wildman–Crippen LogP) is 1.76. The number of nitrogens with two attached hydrogens (primary N) is 1. The zero-order chi connectivity index (χ0) is 13.7. The highest BCUT2D eigenvalue weighted by atomic mass is 16.5. The smallest absolute Gasteiger partial charge is 0.124 e. The molecule has 1 heterocycles. The molecule has 1 aromatic rings. The molecule has 1 aliphatic heterocycles. The molecule has 19 heavy (non-hydrogen) atoms. The Kier molecular flexibility index (Phi) is 5.19. The summed E-state index contributed by atoms with van der Waals surface area (Å²) >= 11 is 0. The average Bonchev–Trinajstić information content (AvgIpc) is 2.39. The zero-order valence-corrected chi connectivity index (χ0v) is 11.9. The van der Waals surface area contributed by atoms with Gasteiger partial charge in [0, 0.05) is 31.7 Å². The first-order valence-corrected chi connectivity index (χ1v) is 6.97. The number of rotatable bonds is 5. The van der Waals surface area contributed by atoms with Crippen molar-refractivity contribution in [2.24, 2.45) is 5.73 Å². The Bertz CT molecular complexity index is 401. The molecule has 0 amide bonds. The highest BCUT2D eigenvalue weighted by Crippen LogP contribution is 2.22. The van der Waals surface area contributed by atoms with Crippen LogP contribution < -0.4 is 10.5 Å².